The molecular weight excluding hydrogens is 131 g/mol. The third-order valence-corrected chi connectivity index (χ3v) is 2.09. The topological polar surface area (TPSA) is 38.0 Å². The van der Waals surface area contributed by atoms with Gasteiger partial charge in [-0.3, -0.25) is 0 Å². The predicted octanol–water partition coefficient (Wildman–Crippen LogP) is 0.427. The van der Waals surface area contributed by atoms with Crippen LogP contribution in [-0.2, 0) is 0 Å². The molecule has 3 heteroatoms. The minimum atomic E-state index is -1.08. The van der Waals surface area contributed by atoms with Gasteiger partial charge in [0, 0.05) is 6.54 Å². The lowest BCUT2D eigenvalue weighted by Gasteiger charge is -2.20. The molecule has 0 aromatic heterocycles. The van der Waals surface area contributed by atoms with Gasteiger partial charge in [0.2, 0.25) is 0 Å². The van der Waals surface area contributed by atoms with Crippen LogP contribution in [0, 0.1) is 0 Å². The van der Waals surface area contributed by atoms with E-state index in [4.69, 9.17) is 5.73 Å². The van der Waals surface area contributed by atoms with Crippen molar-refractivity contribution in [3.63, 3.8) is 0 Å². The second-order valence-corrected chi connectivity index (χ2v) is 2.96. The standard InChI is InChI=1S/C7H15FN2/c8-7(6-9)2-1-4-10-5-3-7/h10H,1-6,9H2. The second kappa shape index (κ2) is 3.30. The van der Waals surface area contributed by atoms with E-state index in [0.717, 1.165) is 19.5 Å². The molecule has 0 amide bonds. The van der Waals surface area contributed by atoms with Gasteiger partial charge in [0.15, 0.2) is 0 Å². The minimum Gasteiger partial charge on any atom is -0.328 e. The molecule has 2 nitrogen and oxygen atoms in total. The van der Waals surface area contributed by atoms with Crippen molar-refractivity contribution >= 4 is 0 Å². The number of nitrogens with one attached hydrogen (secondary N) is 1. The van der Waals surface area contributed by atoms with Crippen LogP contribution in [0.25, 0.3) is 0 Å². The van der Waals surface area contributed by atoms with Gasteiger partial charge in [0.25, 0.3) is 0 Å². The van der Waals surface area contributed by atoms with Gasteiger partial charge in [-0.2, -0.15) is 0 Å². The van der Waals surface area contributed by atoms with Crippen molar-refractivity contribution in [3.8, 4) is 0 Å². The first-order chi connectivity index (χ1) is 4.77. The molecule has 10 heavy (non-hydrogen) atoms. The first-order valence-corrected chi connectivity index (χ1v) is 3.86. The highest BCUT2D eigenvalue weighted by atomic mass is 19.1. The van der Waals surface area contributed by atoms with Gasteiger partial charge in [-0.05, 0) is 32.4 Å². The largest absolute Gasteiger partial charge is 0.328 e. The number of halogens is 1. The highest BCUT2D eigenvalue weighted by Gasteiger charge is 2.28. The summed E-state index contributed by atoms with van der Waals surface area (Å²) >= 11 is 0. The molecule has 0 spiro atoms. The normalized spacial score (nSPS) is 35.4. The zero-order valence-electron chi connectivity index (χ0n) is 6.20. The predicted molar refractivity (Wildman–Crippen MR) is 39.6 cm³/mol. The Labute approximate surface area is 61.0 Å². The fourth-order valence-electron chi connectivity index (χ4n) is 1.30. The monoisotopic (exact) mass is 146 g/mol. The van der Waals surface area contributed by atoms with Crippen LogP contribution < -0.4 is 11.1 Å². The fourth-order valence-corrected chi connectivity index (χ4v) is 1.30. The lowest BCUT2D eigenvalue weighted by Crippen LogP contribution is -2.33. The molecule has 60 valence electrons. The van der Waals surface area contributed by atoms with Crippen LogP contribution >= 0.6 is 0 Å². The Bertz CT molecular complexity index is 97.8. The van der Waals surface area contributed by atoms with Crippen molar-refractivity contribution in [2.75, 3.05) is 19.6 Å². The van der Waals surface area contributed by atoms with E-state index in [9.17, 15) is 4.39 Å². The smallest absolute Gasteiger partial charge is 0.124 e. The molecule has 1 saturated heterocycles. The van der Waals surface area contributed by atoms with E-state index in [1.165, 1.54) is 0 Å². The summed E-state index contributed by atoms with van der Waals surface area (Å²) in [6.07, 6.45) is 2.10. The highest BCUT2D eigenvalue weighted by Crippen LogP contribution is 2.22. The Kier molecular flexibility index (Phi) is 2.63. The lowest BCUT2D eigenvalue weighted by atomic mass is 9.97. The molecule has 0 aromatic carbocycles. The van der Waals surface area contributed by atoms with Gasteiger partial charge < -0.3 is 11.1 Å². The average molecular weight is 146 g/mol. The fraction of sp³-hybridized carbons (Fsp3) is 1.00. The van der Waals surface area contributed by atoms with Crippen LogP contribution in [0.15, 0.2) is 0 Å². The Hall–Kier alpha value is -0.150. The van der Waals surface area contributed by atoms with Crippen molar-refractivity contribution < 1.29 is 4.39 Å². The quantitative estimate of drug-likeness (QED) is 0.563. The number of hydrogen-bond acceptors (Lipinski definition) is 2. The minimum absolute atomic E-state index is 0.175. The summed E-state index contributed by atoms with van der Waals surface area (Å²) in [4.78, 5) is 0. The number of nitrogens with two attached hydrogens (primary N) is 1. The van der Waals surface area contributed by atoms with E-state index in [2.05, 4.69) is 5.32 Å². The van der Waals surface area contributed by atoms with E-state index in [1.807, 2.05) is 0 Å². The summed E-state index contributed by atoms with van der Waals surface area (Å²) in [5, 5.41) is 3.14. The van der Waals surface area contributed by atoms with Crippen LogP contribution in [-0.4, -0.2) is 25.3 Å². The summed E-state index contributed by atoms with van der Waals surface area (Å²) in [7, 11) is 0. The number of alkyl halides is 1. The van der Waals surface area contributed by atoms with Crippen LogP contribution in [0.5, 0.6) is 0 Å². The molecule has 1 rings (SSSR count). The van der Waals surface area contributed by atoms with Crippen molar-refractivity contribution in [2.45, 2.75) is 24.9 Å². The van der Waals surface area contributed by atoms with Crippen LogP contribution in [0.3, 0.4) is 0 Å². The van der Waals surface area contributed by atoms with E-state index in [1.54, 1.807) is 0 Å². The maximum absolute atomic E-state index is 13.4. The molecule has 1 unspecified atom stereocenters. The molecule has 1 atom stereocenters. The first-order valence-electron chi connectivity index (χ1n) is 3.86. The molecule has 1 fully saturated rings. The molecule has 1 heterocycles. The van der Waals surface area contributed by atoms with E-state index in [0.29, 0.717) is 12.8 Å². The molecule has 0 aromatic rings. The van der Waals surface area contributed by atoms with Gasteiger partial charge in [-0.25, -0.2) is 4.39 Å². The summed E-state index contributed by atoms with van der Waals surface area (Å²) in [6.45, 7) is 1.88. The Morgan fingerprint density at radius 3 is 2.90 bits per heavy atom. The van der Waals surface area contributed by atoms with Crippen molar-refractivity contribution in [2.24, 2.45) is 5.73 Å². The third kappa shape index (κ3) is 1.92. The van der Waals surface area contributed by atoms with Gasteiger partial charge in [-0.1, -0.05) is 0 Å². The average Bonchev–Trinajstić information content (AvgIpc) is 2.15. The maximum Gasteiger partial charge on any atom is 0.124 e. The molecule has 1 aliphatic heterocycles. The van der Waals surface area contributed by atoms with Crippen molar-refractivity contribution in [3.05, 3.63) is 0 Å². The maximum atomic E-state index is 13.4. The SMILES string of the molecule is NCC1(F)CCCNCC1. The molecule has 0 aliphatic carbocycles. The molecule has 1 aliphatic rings. The molecule has 0 bridgehead atoms. The molecule has 3 N–H and O–H groups in total. The third-order valence-electron chi connectivity index (χ3n) is 2.09. The zero-order chi connectivity index (χ0) is 7.45. The Morgan fingerprint density at radius 1 is 1.40 bits per heavy atom. The zero-order valence-corrected chi connectivity index (χ0v) is 6.20. The first kappa shape index (κ1) is 7.95. The van der Waals surface area contributed by atoms with Gasteiger partial charge >= 0.3 is 0 Å². The lowest BCUT2D eigenvalue weighted by molar-refractivity contribution is 0.155. The van der Waals surface area contributed by atoms with Gasteiger partial charge in [-0.15, -0.1) is 0 Å². The van der Waals surface area contributed by atoms with E-state index < -0.39 is 5.67 Å². The Balaban J connectivity index is 2.41. The van der Waals surface area contributed by atoms with Crippen LogP contribution in [0.4, 0.5) is 4.39 Å². The van der Waals surface area contributed by atoms with Crippen LogP contribution in [0.1, 0.15) is 19.3 Å². The highest BCUT2D eigenvalue weighted by molar-refractivity contribution is 4.83. The second-order valence-electron chi connectivity index (χ2n) is 2.96. The summed E-state index contributed by atoms with van der Waals surface area (Å²) in [5.74, 6) is 0. The molecule has 0 radical (unpaired) electrons. The summed E-state index contributed by atoms with van der Waals surface area (Å²) in [6, 6.07) is 0. The molecule has 0 saturated carbocycles. The van der Waals surface area contributed by atoms with Crippen molar-refractivity contribution in [1.29, 1.82) is 0 Å². The summed E-state index contributed by atoms with van der Waals surface area (Å²) in [5.41, 5.74) is 4.22. The van der Waals surface area contributed by atoms with Gasteiger partial charge in [0.05, 0.1) is 0 Å². The van der Waals surface area contributed by atoms with Crippen molar-refractivity contribution in [1.82, 2.24) is 5.32 Å². The van der Waals surface area contributed by atoms with E-state index >= 15 is 0 Å². The number of hydrogen-bond donors (Lipinski definition) is 2. The Morgan fingerprint density at radius 2 is 2.20 bits per heavy atom. The van der Waals surface area contributed by atoms with Gasteiger partial charge in [0.1, 0.15) is 5.67 Å². The van der Waals surface area contributed by atoms with E-state index in [-0.39, 0.29) is 6.54 Å². The summed E-state index contributed by atoms with van der Waals surface area (Å²) < 4.78 is 13.4. The molecular formula is C7H15FN2. The van der Waals surface area contributed by atoms with Crippen LogP contribution in [0.2, 0.25) is 0 Å². The number of rotatable bonds is 1.